The number of alkyl halides is 3. The third-order valence-electron chi connectivity index (χ3n) is 3.66. The maximum absolute atomic E-state index is 12.0. The van der Waals surface area contributed by atoms with E-state index in [4.69, 9.17) is 5.73 Å². The van der Waals surface area contributed by atoms with E-state index >= 15 is 0 Å². The SMILES string of the molecule is NC(=NCc1ccc(COCC(F)(F)F)cc1)N1CCCCC1. The van der Waals surface area contributed by atoms with Crippen molar-refractivity contribution in [1.29, 1.82) is 0 Å². The molecule has 1 saturated heterocycles. The third-order valence-corrected chi connectivity index (χ3v) is 3.66. The number of ether oxygens (including phenoxy) is 1. The van der Waals surface area contributed by atoms with Gasteiger partial charge in [0.2, 0.25) is 0 Å². The molecule has 1 fully saturated rings. The predicted molar refractivity (Wildman–Crippen MR) is 82.9 cm³/mol. The van der Waals surface area contributed by atoms with Crippen LogP contribution in [-0.2, 0) is 17.9 Å². The summed E-state index contributed by atoms with van der Waals surface area (Å²) >= 11 is 0. The van der Waals surface area contributed by atoms with Crippen LogP contribution in [0.2, 0.25) is 0 Å². The van der Waals surface area contributed by atoms with Gasteiger partial charge in [0.05, 0.1) is 13.2 Å². The summed E-state index contributed by atoms with van der Waals surface area (Å²) in [4.78, 5) is 6.47. The van der Waals surface area contributed by atoms with Crippen LogP contribution in [0.25, 0.3) is 0 Å². The van der Waals surface area contributed by atoms with Gasteiger partial charge in [0, 0.05) is 13.1 Å². The molecule has 0 aliphatic carbocycles. The molecule has 2 rings (SSSR count). The second-order valence-electron chi connectivity index (χ2n) is 5.65. The first kappa shape index (κ1) is 17.6. The van der Waals surface area contributed by atoms with Crippen LogP contribution >= 0.6 is 0 Å². The first-order valence-electron chi connectivity index (χ1n) is 7.71. The summed E-state index contributed by atoms with van der Waals surface area (Å²) in [7, 11) is 0. The largest absolute Gasteiger partial charge is 0.411 e. The molecule has 2 N–H and O–H groups in total. The highest BCUT2D eigenvalue weighted by Gasteiger charge is 2.27. The highest BCUT2D eigenvalue weighted by molar-refractivity contribution is 5.78. The number of likely N-dealkylation sites (tertiary alicyclic amines) is 1. The number of halogens is 3. The molecule has 0 spiro atoms. The van der Waals surface area contributed by atoms with E-state index < -0.39 is 12.8 Å². The van der Waals surface area contributed by atoms with Crippen molar-refractivity contribution in [3.63, 3.8) is 0 Å². The van der Waals surface area contributed by atoms with E-state index in [1.807, 2.05) is 12.1 Å². The molecule has 0 aromatic heterocycles. The number of hydrogen-bond acceptors (Lipinski definition) is 2. The average molecular weight is 329 g/mol. The van der Waals surface area contributed by atoms with Crippen LogP contribution in [0, 0.1) is 0 Å². The van der Waals surface area contributed by atoms with Crippen molar-refractivity contribution in [2.45, 2.75) is 38.6 Å². The van der Waals surface area contributed by atoms with Crippen LogP contribution in [-0.4, -0.2) is 36.7 Å². The number of guanidine groups is 1. The fourth-order valence-corrected chi connectivity index (χ4v) is 2.42. The van der Waals surface area contributed by atoms with Gasteiger partial charge in [-0.2, -0.15) is 13.2 Å². The van der Waals surface area contributed by atoms with E-state index in [1.165, 1.54) is 6.42 Å². The molecule has 0 atom stereocenters. The summed E-state index contributed by atoms with van der Waals surface area (Å²) in [6, 6.07) is 7.16. The molecule has 0 bridgehead atoms. The quantitative estimate of drug-likeness (QED) is 0.667. The maximum atomic E-state index is 12.0. The number of nitrogens with two attached hydrogens (primary N) is 1. The monoisotopic (exact) mass is 329 g/mol. The summed E-state index contributed by atoms with van der Waals surface area (Å²) in [6.45, 7) is 1.08. The van der Waals surface area contributed by atoms with Gasteiger partial charge in [0.1, 0.15) is 6.61 Å². The Bertz CT molecular complexity index is 508. The van der Waals surface area contributed by atoms with Gasteiger partial charge in [-0.1, -0.05) is 24.3 Å². The van der Waals surface area contributed by atoms with Crippen LogP contribution in [0.5, 0.6) is 0 Å². The Kier molecular flexibility index (Phi) is 6.27. The Hall–Kier alpha value is -1.76. The lowest BCUT2D eigenvalue weighted by Gasteiger charge is -2.27. The molecule has 7 heteroatoms. The zero-order valence-corrected chi connectivity index (χ0v) is 13.0. The van der Waals surface area contributed by atoms with Crippen LogP contribution in [0.15, 0.2) is 29.3 Å². The van der Waals surface area contributed by atoms with E-state index in [-0.39, 0.29) is 6.61 Å². The second kappa shape index (κ2) is 8.19. The molecular formula is C16H22F3N3O. The Morgan fingerprint density at radius 3 is 2.30 bits per heavy atom. The second-order valence-corrected chi connectivity index (χ2v) is 5.65. The fourth-order valence-electron chi connectivity index (χ4n) is 2.42. The zero-order chi connectivity index (χ0) is 16.7. The first-order chi connectivity index (χ1) is 10.9. The number of aliphatic imine (C=N–C) groups is 1. The summed E-state index contributed by atoms with van der Waals surface area (Å²) in [5.41, 5.74) is 7.64. The average Bonchev–Trinajstić information content (AvgIpc) is 2.53. The molecular weight excluding hydrogens is 307 g/mol. The molecule has 0 amide bonds. The van der Waals surface area contributed by atoms with Gasteiger partial charge in [-0.15, -0.1) is 0 Å². The maximum Gasteiger partial charge on any atom is 0.411 e. The molecule has 0 radical (unpaired) electrons. The molecule has 4 nitrogen and oxygen atoms in total. The van der Waals surface area contributed by atoms with Crippen molar-refractivity contribution < 1.29 is 17.9 Å². The number of rotatable bonds is 5. The van der Waals surface area contributed by atoms with Crippen molar-refractivity contribution in [3.8, 4) is 0 Å². The van der Waals surface area contributed by atoms with Gasteiger partial charge in [-0.05, 0) is 30.4 Å². The lowest BCUT2D eigenvalue weighted by molar-refractivity contribution is -0.176. The third kappa shape index (κ3) is 6.48. The molecule has 0 saturated carbocycles. The molecule has 1 aliphatic heterocycles. The smallest absolute Gasteiger partial charge is 0.370 e. The van der Waals surface area contributed by atoms with E-state index in [1.54, 1.807) is 12.1 Å². The minimum Gasteiger partial charge on any atom is -0.370 e. The van der Waals surface area contributed by atoms with Crippen LogP contribution < -0.4 is 5.73 Å². The lowest BCUT2D eigenvalue weighted by Crippen LogP contribution is -2.40. The number of hydrogen-bond donors (Lipinski definition) is 1. The number of piperidine rings is 1. The Labute approximate surface area is 134 Å². The van der Waals surface area contributed by atoms with Crippen LogP contribution in [0.4, 0.5) is 13.2 Å². The lowest BCUT2D eigenvalue weighted by atomic mass is 10.1. The highest BCUT2D eigenvalue weighted by Crippen LogP contribution is 2.16. The molecule has 1 aromatic carbocycles. The Morgan fingerprint density at radius 1 is 1.09 bits per heavy atom. The van der Waals surface area contributed by atoms with Crippen molar-refractivity contribution >= 4 is 5.96 Å². The normalized spacial score (nSPS) is 16.7. The number of nitrogens with zero attached hydrogens (tertiary/aromatic N) is 2. The van der Waals surface area contributed by atoms with Gasteiger partial charge in [0.15, 0.2) is 5.96 Å². The molecule has 1 aromatic rings. The van der Waals surface area contributed by atoms with Crippen molar-refractivity contribution in [3.05, 3.63) is 35.4 Å². The van der Waals surface area contributed by atoms with Gasteiger partial charge in [0.25, 0.3) is 0 Å². The van der Waals surface area contributed by atoms with Crippen LogP contribution in [0.1, 0.15) is 30.4 Å². The molecule has 1 heterocycles. The highest BCUT2D eigenvalue weighted by atomic mass is 19.4. The molecule has 128 valence electrons. The fraction of sp³-hybridized carbons (Fsp3) is 0.562. The molecule has 0 unspecified atom stereocenters. The molecule has 1 aliphatic rings. The standard InChI is InChI=1S/C16H22F3N3O/c17-16(18,19)12-23-11-14-6-4-13(5-7-14)10-21-15(20)22-8-2-1-3-9-22/h4-7H,1-3,8-12H2,(H2,20,21). The van der Waals surface area contributed by atoms with Gasteiger partial charge >= 0.3 is 6.18 Å². The van der Waals surface area contributed by atoms with Gasteiger partial charge < -0.3 is 15.4 Å². The number of benzene rings is 1. The minimum absolute atomic E-state index is 0.0566. The van der Waals surface area contributed by atoms with E-state index in [9.17, 15) is 13.2 Å². The van der Waals surface area contributed by atoms with Crippen molar-refractivity contribution in [2.75, 3.05) is 19.7 Å². The van der Waals surface area contributed by atoms with Crippen LogP contribution in [0.3, 0.4) is 0 Å². The summed E-state index contributed by atoms with van der Waals surface area (Å²) in [5.74, 6) is 0.558. The Balaban J connectivity index is 1.80. The van der Waals surface area contributed by atoms with Gasteiger partial charge in [-0.25, -0.2) is 4.99 Å². The first-order valence-corrected chi connectivity index (χ1v) is 7.71. The minimum atomic E-state index is -4.29. The topological polar surface area (TPSA) is 50.9 Å². The van der Waals surface area contributed by atoms with Crippen molar-refractivity contribution in [1.82, 2.24) is 4.90 Å². The van der Waals surface area contributed by atoms with E-state index in [2.05, 4.69) is 14.6 Å². The predicted octanol–water partition coefficient (Wildman–Crippen LogP) is 3.07. The van der Waals surface area contributed by atoms with Crippen molar-refractivity contribution in [2.24, 2.45) is 10.7 Å². The van der Waals surface area contributed by atoms with E-state index in [0.717, 1.165) is 31.5 Å². The van der Waals surface area contributed by atoms with E-state index in [0.29, 0.717) is 18.1 Å². The summed E-state index contributed by atoms with van der Waals surface area (Å²) in [5, 5.41) is 0. The molecule has 23 heavy (non-hydrogen) atoms. The van der Waals surface area contributed by atoms with Gasteiger partial charge in [-0.3, -0.25) is 0 Å². The Morgan fingerprint density at radius 2 is 1.70 bits per heavy atom. The summed E-state index contributed by atoms with van der Waals surface area (Å²) in [6.07, 6.45) is -0.770. The summed E-state index contributed by atoms with van der Waals surface area (Å²) < 4.78 is 40.6. The zero-order valence-electron chi connectivity index (χ0n) is 13.0.